The molecular weight excluding hydrogens is 1370 g/mol. The molecule has 0 saturated heterocycles. The molecule has 0 fully saturated rings. The van der Waals surface area contributed by atoms with Crippen molar-refractivity contribution in [3.05, 3.63) is 298 Å². The van der Waals surface area contributed by atoms with E-state index in [1.807, 2.05) is 66.7 Å². The molecule has 546 valence electrons. The molecule has 0 bridgehead atoms. The number of hydrogen-bond donors (Lipinski definition) is 0. The van der Waals surface area contributed by atoms with Gasteiger partial charge >= 0.3 is 34.2 Å². The summed E-state index contributed by atoms with van der Waals surface area (Å²) in [5.41, 5.74) is 18.1. The van der Waals surface area contributed by atoms with Crippen LogP contribution < -0.4 is 46.9 Å². The van der Waals surface area contributed by atoms with Gasteiger partial charge in [0.2, 0.25) is 0 Å². The van der Waals surface area contributed by atoms with E-state index >= 15 is 0 Å². The maximum atomic E-state index is 6.26. The lowest BCUT2D eigenvalue weighted by atomic mass is 9.59. The van der Waals surface area contributed by atoms with Crippen LogP contribution in [0.3, 0.4) is 0 Å². The standard InChI is InChI=1S/2C19H20BN2O.2C18H18BN2O.C17H16BN2O/c1-13-11-18(21(4)12-14(13)2)22-19-16(9-10-20(22)3)15-7-5-6-8-17(15)23-19;1-13-9-10-17(21(4)12-13)22-19-18(14(2)11-20(22)3)15-7-5-6-8-16(15)23-19;1-13-9-11-20(3)17(12-13)21-18-15(8-10-19(21)2)14-6-4-5-7-16(14)22-18;1-13-8-9-17(20(3)12-13)21-18-15(10-11-19(21)2)14-6-4-5-7-16(14)22-18;1-18-11-10-14-13-7-3-4-8-15(13)21-17(14)20(18)16-9-5-6-12-19(16)2/h2*5-12H,1-4H3;2*4-12H,1-3H3;3-12H,1-2H3/q5*+1. The molecule has 0 unspecified atom stereocenters. The molecule has 0 saturated carbocycles. The third-order valence-electron chi connectivity index (χ3n) is 22.0. The Kier molecular flexibility index (Phi) is 19.6. The molecule has 0 spiro atoms. The smallest absolute Gasteiger partial charge is 0.406 e. The average Bonchev–Trinajstić information content (AvgIpc) is 1.64. The minimum atomic E-state index is 0.247. The quantitative estimate of drug-likeness (QED) is 0.122. The van der Waals surface area contributed by atoms with Crippen molar-refractivity contribution >= 4 is 177 Å². The zero-order valence-electron chi connectivity index (χ0n) is 66.3. The summed E-state index contributed by atoms with van der Waals surface area (Å²) >= 11 is 0. The van der Waals surface area contributed by atoms with E-state index in [1.54, 1.807) is 0 Å². The van der Waals surface area contributed by atoms with E-state index < -0.39 is 0 Å². The molecule has 0 radical (unpaired) electrons. The van der Waals surface area contributed by atoms with Crippen LogP contribution in [0.4, 0.5) is 58.5 Å². The molecular formula is C91H92B5N10O5+5. The molecule has 5 aromatic carbocycles. The number of pyridine rings is 5. The highest BCUT2D eigenvalue weighted by Gasteiger charge is 2.43. The summed E-state index contributed by atoms with van der Waals surface area (Å²) < 4.78 is 41.7. The third-order valence-corrected chi connectivity index (χ3v) is 22.0. The van der Waals surface area contributed by atoms with Crippen molar-refractivity contribution in [1.82, 2.24) is 0 Å². The summed E-state index contributed by atoms with van der Waals surface area (Å²) in [5, 5.41) is 5.85. The highest BCUT2D eigenvalue weighted by molar-refractivity contribution is 6.72. The second kappa shape index (κ2) is 29.9. The first-order valence-electron chi connectivity index (χ1n) is 38.4. The highest BCUT2D eigenvalue weighted by Crippen LogP contribution is 2.47. The Balaban J connectivity index is 0.000000105. The van der Waals surface area contributed by atoms with Crippen LogP contribution in [0.15, 0.2) is 265 Å². The van der Waals surface area contributed by atoms with E-state index in [9.17, 15) is 0 Å². The van der Waals surface area contributed by atoms with Crippen LogP contribution >= 0.6 is 0 Å². The van der Waals surface area contributed by atoms with E-state index in [-0.39, 0.29) is 34.2 Å². The monoisotopic (exact) mass is 1460 g/mol. The third kappa shape index (κ3) is 13.5. The summed E-state index contributed by atoms with van der Waals surface area (Å²) in [5.74, 6) is 21.5. The number of aryl methyl sites for hydroxylation is 10. The van der Waals surface area contributed by atoms with Crippen molar-refractivity contribution in [1.29, 1.82) is 0 Å². The van der Waals surface area contributed by atoms with E-state index in [0.717, 1.165) is 109 Å². The molecule has 5 aliphatic heterocycles. The summed E-state index contributed by atoms with van der Waals surface area (Å²) in [6, 6.07) is 62.5. The maximum Gasteiger partial charge on any atom is 0.406 e. The lowest BCUT2D eigenvalue weighted by Gasteiger charge is -2.24. The first-order valence-corrected chi connectivity index (χ1v) is 38.4. The predicted octanol–water partition coefficient (Wildman–Crippen LogP) is 19.8. The molecule has 15 nitrogen and oxygen atoms in total. The van der Waals surface area contributed by atoms with Gasteiger partial charge in [-0.2, -0.15) is 0 Å². The Morgan fingerprint density at radius 1 is 0.279 bits per heavy atom. The van der Waals surface area contributed by atoms with Gasteiger partial charge in [0.25, 0.3) is 58.5 Å². The summed E-state index contributed by atoms with van der Waals surface area (Å²) in [4.78, 5) is 11.3. The molecule has 15 heterocycles. The SMILES string of the molecule is CB1C=C(C)c2c(oc3ccccc23)N1c1ccc(C)c[n+]1C.CB1C=Cc2c(oc3ccccc23)N1c1cc(C)c(C)c[n+]1C.CB1C=Cc2c(oc3ccccc23)N1c1cc(C)cc[n+]1C.CB1C=Cc2c(oc3ccccc23)N1c1ccc(C)c[n+]1C.CB1C=Cc2c(oc3ccccc23)N1c1cccc[n+]1C. The lowest BCUT2D eigenvalue weighted by molar-refractivity contribution is -0.658. The number of aromatic nitrogens is 5. The van der Waals surface area contributed by atoms with Crippen molar-refractivity contribution in [3.8, 4) is 0 Å². The molecule has 15 aromatic rings. The lowest BCUT2D eigenvalue weighted by Crippen LogP contribution is -2.43. The normalized spacial score (nSPS) is 13.9. The van der Waals surface area contributed by atoms with Crippen LogP contribution in [0.2, 0.25) is 34.1 Å². The van der Waals surface area contributed by atoms with Crippen molar-refractivity contribution in [2.75, 3.05) is 24.1 Å². The molecule has 0 amide bonds. The van der Waals surface area contributed by atoms with Crippen molar-refractivity contribution in [3.63, 3.8) is 0 Å². The van der Waals surface area contributed by atoms with Crippen LogP contribution in [0, 0.1) is 34.6 Å². The Hall–Kier alpha value is -12.4. The van der Waals surface area contributed by atoms with E-state index in [1.165, 1.54) is 65.9 Å². The largest absolute Gasteiger partial charge is 0.423 e. The van der Waals surface area contributed by atoms with Crippen LogP contribution in [-0.4, -0.2) is 34.2 Å². The predicted molar refractivity (Wildman–Crippen MR) is 461 cm³/mol. The molecule has 0 atom stereocenters. The van der Waals surface area contributed by atoms with Crippen LogP contribution in [-0.2, 0) is 35.2 Å². The number of anilines is 10. The summed E-state index contributed by atoms with van der Waals surface area (Å²) in [6.45, 7) is 25.0. The molecule has 20 heteroatoms. The number of fused-ring (bicyclic) bond motifs is 15. The Morgan fingerprint density at radius 2 is 0.613 bits per heavy atom. The van der Waals surface area contributed by atoms with Crippen LogP contribution in [0.1, 0.15) is 62.6 Å². The van der Waals surface area contributed by atoms with Gasteiger partial charge in [-0.15, -0.1) is 0 Å². The second-order valence-corrected chi connectivity index (χ2v) is 30.2. The van der Waals surface area contributed by atoms with Gasteiger partial charge in [0.1, 0.15) is 27.9 Å². The number of para-hydroxylation sites is 5. The number of rotatable bonds is 5. The average molecular weight is 1460 g/mol. The second-order valence-electron chi connectivity index (χ2n) is 30.2. The van der Waals surface area contributed by atoms with E-state index in [4.69, 9.17) is 22.1 Å². The number of benzene rings is 5. The zero-order valence-corrected chi connectivity index (χ0v) is 66.3. The van der Waals surface area contributed by atoms with Gasteiger partial charge in [0.05, 0.1) is 94.0 Å². The number of nitrogens with zero attached hydrogens (tertiary/aromatic N) is 10. The highest BCUT2D eigenvalue weighted by atomic mass is 16.4. The number of furan rings is 5. The number of hydrogen-bond acceptors (Lipinski definition) is 10. The fraction of sp³-hybridized carbons (Fsp3) is 0.176. The molecule has 20 rings (SSSR count). The molecule has 111 heavy (non-hydrogen) atoms. The van der Waals surface area contributed by atoms with Crippen LogP contribution in [0.5, 0.6) is 0 Å². The molecule has 0 N–H and O–H groups in total. The van der Waals surface area contributed by atoms with Gasteiger partial charge in [-0.1, -0.05) is 151 Å². The molecule has 0 aliphatic carbocycles. The van der Waals surface area contributed by atoms with Gasteiger partial charge < -0.3 is 22.1 Å². The fourth-order valence-corrected chi connectivity index (χ4v) is 16.2. The first-order chi connectivity index (χ1) is 53.7. The zero-order chi connectivity index (χ0) is 77.2. The Morgan fingerprint density at radius 3 is 1.03 bits per heavy atom. The topological polar surface area (TPSA) is 101 Å². The van der Waals surface area contributed by atoms with E-state index in [0.29, 0.717) is 0 Å². The van der Waals surface area contributed by atoms with Crippen LogP contribution in [0.25, 0.3) is 84.7 Å². The van der Waals surface area contributed by atoms with E-state index in [2.05, 4.69) is 358 Å². The minimum Gasteiger partial charge on any atom is -0.423 e. The van der Waals surface area contributed by atoms with Gasteiger partial charge in [0, 0.05) is 57.3 Å². The van der Waals surface area contributed by atoms with Gasteiger partial charge in [-0.25, -0.2) is 22.8 Å². The molecule has 10 aromatic heterocycles. The Bertz CT molecular complexity index is 6280. The summed E-state index contributed by atoms with van der Waals surface area (Å²) in [6.07, 6.45) is 19.3. The molecule has 5 aliphatic rings. The van der Waals surface area contributed by atoms with Crippen molar-refractivity contribution in [2.45, 2.75) is 75.7 Å². The minimum absolute atomic E-state index is 0.247. The van der Waals surface area contributed by atoms with Gasteiger partial charge in [-0.05, 0) is 164 Å². The summed E-state index contributed by atoms with van der Waals surface area (Å²) in [7, 11) is 10.4. The maximum absolute atomic E-state index is 6.26. The van der Waals surface area contributed by atoms with Crippen molar-refractivity contribution < 1.29 is 44.9 Å². The van der Waals surface area contributed by atoms with Gasteiger partial charge in [0.15, 0.2) is 0 Å². The van der Waals surface area contributed by atoms with Crippen molar-refractivity contribution in [2.24, 2.45) is 35.2 Å². The Labute approximate surface area is 652 Å². The number of allylic oxidation sites excluding steroid dienone is 1. The van der Waals surface area contributed by atoms with Gasteiger partial charge in [-0.3, -0.25) is 24.1 Å². The fourth-order valence-electron chi connectivity index (χ4n) is 16.2. The first kappa shape index (κ1) is 72.8.